The van der Waals surface area contributed by atoms with Crippen LogP contribution in [0.2, 0.25) is 0 Å². The van der Waals surface area contributed by atoms with Crippen molar-refractivity contribution >= 4 is 11.8 Å². The highest BCUT2D eigenvalue weighted by Gasteiger charge is 2.12. The van der Waals surface area contributed by atoms with Crippen molar-refractivity contribution in [1.82, 2.24) is 0 Å². The first-order valence-corrected chi connectivity index (χ1v) is 4.55. The Morgan fingerprint density at radius 2 is 2.41 bits per heavy atom. The molecule has 1 aromatic carbocycles. The number of nitrogens with zero attached hydrogens (tertiary/aromatic N) is 5. The van der Waals surface area contributed by atoms with Crippen LogP contribution in [0.15, 0.2) is 29.4 Å². The fraction of sp³-hybridized carbons (Fsp3) is 0.100. The second-order valence-corrected chi connectivity index (χ2v) is 2.96. The molecule has 0 aromatic heterocycles. The molecule has 0 heterocycles. The van der Waals surface area contributed by atoms with E-state index in [1.165, 1.54) is 12.1 Å². The van der Waals surface area contributed by atoms with Gasteiger partial charge in [0.25, 0.3) is 5.69 Å². The predicted molar refractivity (Wildman–Crippen MR) is 60.9 cm³/mol. The zero-order valence-corrected chi connectivity index (χ0v) is 8.65. The maximum absolute atomic E-state index is 10.7. The molecule has 7 nitrogen and oxygen atoms in total. The molecule has 0 amide bonds. The van der Waals surface area contributed by atoms with Gasteiger partial charge in [0.1, 0.15) is 11.6 Å². The van der Waals surface area contributed by atoms with Gasteiger partial charge >= 0.3 is 0 Å². The zero-order valence-electron chi connectivity index (χ0n) is 8.65. The van der Waals surface area contributed by atoms with E-state index in [0.29, 0.717) is 5.56 Å². The van der Waals surface area contributed by atoms with Gasteiger partial charge < -0.3 is 0 Å². The van der Waals surface area contributed by atoms with E-state index in [2.05, 4.69) is 10.0 Å². The van der Waals surface area contributed by atoms with E-state index in [-0.39, 0.29) is 17.8 Å². The van der Waals surface area contributed by atoms with Gasteiger partial charge in [-0.1, -0.05) is 23.3 Å². The van der Waals surface area contributed by atoms with Crippen LogP contribution in [0.5, 0.6) is 0 Å². The minimum Gasteiger partial charge on any atom is -0.258 e. The van der Waals surface area contributed by atoms with Crippen LogP contribution in [0.1, 0.15) is 11.1 Å². The van der Waals surface area contributed by atoms with Crippen LogP contribution in [-0.2, 0) is 0 Å². The van der Waals surface area contributed by atoms with Gasteiger partial charge in [0, 0.05) is 17.5 Å². The number of hydrogen-bond donors (Lipinski definition) is 0. The molecule has 0 atom stereocenters. The highest BCUT2D eigenvalue weighted by Crippen LogP contribution is 2.20. The molecule has 0 aliphatic carbocycles. The molecule has 0 saturated heterocycles. The van der Waals surface area contributed by atoms with Crippen LogP contribution >= 0.6 is 0 Å². The molecule has 17 heavy (non-hydrogen) atoms. The molecule has 0 spiro atoms. The van der Waals surface area contributed by atoms with Gasteiger partial charge in [-0.05, 0) is 17.2 Å². The number of hydrogen-bond acceptors (Lipinski definition) is 4. The molecule has 0 bridgehead atoms. The number of nitriles is 1. The summed E-state index contributed by atoms with van der Waals surface area (Å²) in [6.07, 6.45) is 3.16. The summed E-state index contributed by atoms with van der Waals surface area (Å²) in [5, 5.41) is 22.6. The SMILES string of the molecule is N#Cc1ccc(C=CCN=[N+]=[N-])cc1[N+](=O)[O-]. The van der Waals surface area contributed by atoms with E-state index in [1.807, 2.05) is 0 Å². The summed E-state index contributed by atoms with van der Waals surface area (Å²) in [5.41, 5.74) is 8.40. The second-order valence-electron chi connectivity index (χ2n) is 2.96. The third kappa shape index (κ3) is 3.34. The number of nitro benzene ring substituents is 1. The molecule has 0 saturated carbocycles. The first-order valence-electron chi connectivity index (χ1n) is 4.55. The fourth-order valence-corrected chi connectivity index (χ4v) is 1.17. The lowest BCUT2D eigenvalue weighted by Gasteiger charge is -1.96. The Labute approximate surface area is 96.4 Å². The van der Waals surface area contributed by atoms with Crippen molar-refractivity contribution in [3.8, 4) is 6.07 Å². The monoisotopic (exact) mass is 229 g/mol. The third-order valence-electron chi connectivity index (χ3n) is 1.90. The maximum Gasteiger partial charge on any atom is 0.287 e. The highest BCUT2D eigenvalue weighted by atomic mass is 16.6. The van der Waals surface area contributed by atoms with Crippen molar-refractivity contribution in [2.45, 2.75) is 0 Å². The van der Waals surface area contributed by atoms with Crippen LogP contribution in [0.3, 0.4) is 0 Å². The largest absolute Gasteiger partial charge is 0.287 e. The second kappa shape index (κ2) is 5.90. The first-order chi connectivity index (χ1) is 8.19. The molecule has 1 rings (SSSR count). The van der Waals surface area contributed by atoms with E-state index < -0.39 is 4.92 Å². The summed E-state index contributed by atoms with van der Waals surface area (Å²) < 4.78 is 0. The minimum absolute atomic E-state index is 0.0159. The van der Waals surface area contributed by atoms with Crippen molar-refractivity contribution in [3.63, 3.8) is 0 Å². The van der Waals surface area contributed by atoms with Crippen molar-refractivity contribution in [1.29, 1.82) is 5.26 Å². The van der Waals surface area contributed by atoms with Gasteiger partial charge in [0.2, 0.25) is 0 Å². The summed E-state index contributed by atoms with van der Waals surface area (Å²) in [6.45, 7) is 0.171. The van der Waals surface area contributed by atoms with E-state index in [1.54, 1.807) is 24.3 Å². The molecule has 0 fully saturated rings. The van der Waals surface area contributed by atoms with E-state index in [9.17, 15) is 10.1 Å². The molecular formula is C10H7N5O2. The molecule has 0 aliphatic heterocycles. The average Bonchev–Trinajstić information content (AvgIpc) is 2.34. The Kier molecular flexibility index (Phi) is 4.25. The van der Waals surface area contributed by atoms with Crippen LogP contribution in [0.4, 0.5) is 5.69 Å². The van der Waals surface area contributed by atoms with Crippen LogP contribution in [0, 0.1) is 21.4 Å². The number of benzene rings is 1. The molecule has 0 unspecified atom stereocenters. The molecule has 1 aromatic rings. The Morgan fingerprint density at radius 3 is 3.00 bits per heavy atom. The van der Waals surface area contributed by atoms with Crippen LogP contribution < -0.4 is 0 Å². The van der Waals surface area contributed by atoms with Gasteiger partial charge in [0.15, 0.2) is 0 Å². The van der Waals surface area contributed by atoms with Crippen molar-refractivity contribution < 1.29 is 4.92 Å². The summed E-state index contributed by atoms with van der Waals surface area (Å²) in [4.78, 5) is 12.6. The maximum atomic E-state index is 10.7. The van der Waals surface area contributed by atoms with Crippen molar-refractivity contribution in [2.75, 3.05) is 6.54 Å². The molecule has 0 N–H and O–H groups in total. The Balaban J connectivity index is 3.01. The van der Waals surface area contributed by atoms with Gasteiger partial charge in [0.05, 0.1) is 4.92 Å². The molecular weight excluding hydrogens is 222 g/mol. The zero-order chi connectivity index (χ0) is 12.7. The Hall–Kier alpha value is -2.84. The third-order valence-corrected chi connectivity index (χ3v) is 1.90. The Bertz CT molecular complexity index is 552. The molecule has 0 aliphatic rings. The number of nitro groups is 1. The van der Waals surface area contributed by atoms with Crippen molar-refractivity contribution in [2.24, 2.45) is 5.11 Å². The standard InChI is InChI=1S/C10H7N5O2/c11-7-9-4-3-8(2-1-5-13-14-12)6-10(9)15(16)17/h1-4,6H,5H2. The number of rotatable bonds is 4. The molecule has 7 heteroatoms. The highest BCUT2D eigenvalue weighted by molar-refractivity contribution is 5.59. The fourth-order valence-electron chi connectivity index (χ4n) is 1.17. The van der Waals surface area contributed by atoms with Crippen LogP contribution in [-0.4, -0.2) is 11.5 Å². The van der Waals surface area contributed by atoms with Gasteiger partial charge in [-0.3, -0.25) is 10.1 Å². The lowest BCUT2D eigenvalue weighted by Crippen LogP contribution is -1.92. The van der Waals surface area contributed by atoms with E-state index in [4.69, 9.17) is 10.8 Å². The van der Waals surface area contributed by atoms with Crippen LogP contribution in [0.25, 0.3) is 16.5 Å². The quantitative estimate of drug-likeness (QED) is 0.259. The van der Waals surface area contributed by atoms with Crippen molar-refractivity contribution in [3.05, 3.63) is 56.0 Å². The minimum atomic E-state index is -0.608. The average molecular weight is 229 g/mol. The summed E-state index contributed by atoms with van der Waals surface area (Å²) in [5.74, 6) is 0. The number of azide groups is 1. The van der Waals surface area contributed by atoms with Gasteiger partial charge in [-0.15, -0.1) is 0 Å². The first kappa shape index (κ1) is 12.2. The lowest BCUT2D eigenvalue weighted by molar-refractivity contribution is -0.385. The lowest BCUT2D eigenvalue weighted by atomic mass is 10.1. The Morgan fingerprint density at radius 1 is 1.65 bits per heavy atom. The van der Waals surface area contributed by atoms with E-state index >= 15 is 0 Å². The molecule has 0 radical (unpaired) electrons. The topological polar surface area (TPSA) is 116 Å². The normalized spacial score (nSPS) is 9.59. The summed E-state index contributed by atoms with van der Waals surface area (Å²) >= 11 is 0. The summed E-state index contributed by atoms with van der Waals surface area (Å²) in [6, 6.07) is 6.01. The van der Waals surface area contributed by atoms with Gasteiger partial charge in [-0.2, -0.15) is 5.26 Å². The molecule has 84 valence electrons. The smallest absolute Gasteiger partial charge is 0.258 e. The van der Waals surface area contributed by atoms with Gasteiger partial charge in [-0.25, -0.2) is 0 Å². The summed E-state index contributed by atoms with van der Waals surface area (Å²) in [7, 11) is 0. The van der Waals surface area contributed by atoms with E-state index in [0.717, 1.165) is 0 Å². The predicted octanol–water partition coefficient (Wildman–Crippen LogP) is 2.79.